The minimum atomic E-state index is -0.548. The zero-order valence-electron chi connectivity index (χ0n) is 12.9. The van der Waals surface area contributed by atoms with Crippen LogP contribution in [-0.4, -0.2) is 12.0 Å². The van der Waals surface area contributed by atoms with E-state index in [1.54, 1.807) is 6.92 Å². The van der Waals surface area contributed by atoms with Gasteiger partial charge in [-0.2, -0.15) is 0 Å². The third kappa shape index (κ3) is 4.09. The molecule has 0 fully saturated rings. The normalized spacial score (nSPS) is 11.8. The number of carbonyl (C=O) groups excluding carboxylic acids is 1. The van der Waals surface area contributed by atoms with Crippen LogP contribution in [0.1, 0.15) is 23.6 Å². The van der Waals surface area contributed by atoms with Gasteiger partial charge in [-0.05, 0) is 63.1 Å². The van der Waals surface area contributed by atoms with Gasteiger partial charge in [0, 0.05) is 5.69 Å². The van der Waals surface area contributed by atoms with Crippen molar-refractivity contribution in [2.24, 2.45) is 0 Å². The van der Waals surface area contributed by atoms with Crippen molar-refractivity contribution in [1.82, 2.24) is 0 Å². The average molecular weight is 283 g/mol. The van der Waals surface area contributed by atoms with Crippen molar-refractivity contribution in [3.8, 4) is 5.75 Å². The predicted octanol–water partition coefficient (Wildman–Crippen LogP) is 4.02. The molecule has 0 saturated heterocycles. The fourth-order valence-electron chi connectivity index (χ4n) is 1.93. The molecule has 2 aromatic carbocycles. The second-order valence-electron chi connectivity index (χ2n) is 5.36. The van der Waals surface area contributed by atoms with E-state index in [-0.39, 0.29) is 5.91 Å². The summed E-state index contributed by atoms with van der Waals surface area (Å²) in [4.78, 5) is 12.1. The Labute approximate surface area is 126 Å². The third-order valence-electron chi connectivity index (χ3n) is 3.48. The Bertz CT molecular complexity index is 632. The average Bonchev–Trinajstić information content (AvgIpc) is 2.45. The Balaban J connectivity index is 1.98. The number of aryl methyl sites for hydroxylation is 3. The van der Waals surface area contributed by atoms with Crippen LogP contribution in [0.3, 0.4) is 0 Å². The number of nitrogens with one attached hydrogen (secondary N) is 1. The van der Waals surface area contributed by atoms with Gasteiger partial charge >= 0.3 is 0 Å². The van der Waals surface area contributed by atoms with Crippen LogP contribution in [-0.2, 0) is 4.79 Å². The van der Waals surface area contributed by atoms with Crippen molar-refractivity contribution in [2.45, 2.75) is 33.8 Å². The van der Waals surface area contributed by atoms with Gasteiger partial charge in [-0.1, -0.05) is 23.8 Å². The summed E-state index contributed by atoms with van der Waals surface area (Å²) in [5.74, 6) is 0.557. The highest BCUT2D eigenvalue weighted by atomic mass is 16.5. The molecule has 0 saturated carbocycles. The molecule has 110 valence electrons. The lowest BCUT2D eigenvalue weighted by Crippen LogP contribution is -2.30. The SMILES string of the molecule is Cc1ccc(NC(=O)C(C)Oc2ccc(C)c(C)c2)cc1. The fourth-order valence-corrected chi connectivity index (χ4v) is 1.93. The molecule has 0 bridgehead atoms. The molecule has 3 heteroatoms. The van der Waals surface area contributed by atoms with Crippen molar-refractivity contribution < 1.29 is 9.53 Å². The number of benzene rings is 2. The van der Waals surface area contributed by atoms with Gasteiger partial charge in [-0.15, -0.1) is 0 Å². The smallest absolute Gasteiger partial charge is 0.265 e. The second kappa shape index (κ2) is 6.44. The molecule has 0 spiro atoms. The molecule has 1 N–H and O–H groups in total. The summed E-state index contributed by atoms with van der Waals surface area (Å²) in [7, 11) is 0. The maximum atomic E-state index is 12.1. The van der Waals surface area contributed by atoms with E-state index < -0.39 is 6.10 Å². The Morgan fingerprint density at radius 3 is 2.29 bits per heavy atom. The summed E-state index contributed by atoms with van der Waals surface area (Å²) in [5, 5.41) is 2.85. The molecule has 0 aliphatic heterocycles. The van der Waals surface area contributed by atoms with Gasteiger partial charge in [-0.3, -0.25) is 4.79 Å². The first-order chi connectivity index (χ1) is 9.95. The van der Waals surface area contributed by atoms with Gasteiger partial charge in [0.1, 0.15) is 5.75 Å². The first-order valence-corrected chi connectivity index (χ1v) is 7.07. The van der Waals surface area contributed by atoms with Crippen LogP contribution in [0, 0.1) is 20.8 Å². The third-order valence-corrected chi connectivity index (χ3v) is 3.48. The topological polar surface area (TPSA) is 38.3 Å². The molecule has 1 amide bonds. The van der Waals surface area contributed by atoms with Crippen LogP contribution in [0.15, 0.2) is 42.5 Å². The van der Waals surface area contributed by atoms with Crippen LogP contribution in [0.25, 0.3) is 0 Å². The zero-order valence-corrected chi connectivity index (χ0v) is 12.9. The molecule has 0 heterocycles. The highest BCUT2D eigenvalue weighted by Gasteiger charge is 2.15. The van der Waals surface area contributed by atoms with Crippen LogP contribution >= 0.6 is 0 Å². The summed E-state index contributed by atoms with van der Waals surface area (Å²) >= 11 is 0. The van der Waals surface area contributed by atoms with E-state index in [1.807, 2.05) is 63.2 Å². The molecule has 0 aromatic heterocycles. The number of hydrogen-bond acceptors (Lipinski definition) is 2. The first-order valence-electron chi connectivity index (χ1n) is 7.07. The highest BCUT2D eigenvalue weighted by molar-refractivity contribution is 5.94. The van der Waals surface area contributed by atoms with E-state index in [1.165, 1.54) is 5.56 Å². The number of anilines is 1. The Hall–Kier alpha value is -2.29. The predicted molar refractivity (Wildman–Crippen MR) is 85.8 cm³/mol. The van der Waals surface area contributed by atoms with Crippen molar-refractivity contribution in [1.29, 1.82) is 0 Å². The largest absolute Gasteiger partial charge is 0.481 e. The first kappa shape index (κ1) is 15.1. The van der Waals surface area contributed by atoms with Gasteiger partial charge in [0.25, 0.3) is 5.91 Å². The number of ether oxygens (including phenoxy) is 1. The van der Waals surface area contributed by atoms with E-state index in [2.05, 4.69) is 5.32 Å². The highest BCUT2D eigenvalue weighted by Crippen LogP contribution is 2.18. The number of hydrogen-bond donors (Lipinski definition) is 1. The van der Waals surface area contributed by atoms with Crippen LogP contribution < -0.4 is 10.1 Å². The molecule has 0 radical (unpaired) electrons. The molecule has 1 atom stereocenters. The van der Waals surface area contributed by atoms with Crippen LogP contribution in [0.4, 0.5) is 5.69 Å². The van der Waals surface area contributed by atoms with Crippen LogP contribution in [0.2, 0.25) is 0 Å². The Kier molecular flexibility index (Phi) is 4.63. The second-order valence-corrected chi connectivity index (χ2v) is 5.36. The molecule has 0 aliphatic carbocycles. The maximum absolute atomic E-state index is 12.1. The van der Waals surface area contributed by atoms with Crippen molar-refractivity contribution in [3.05, 3.63) is 59.2 Å². The van der Waals surface area contributed by atoms with Gasteiger partial charge < -0.3 is 10.1 Å². The lowest BCUT2D eigenvalue weighted by molar-refractivity contribution is -0.122. The standard InChI is InChI=1S/C18H21NO2/c1-12-5-8-16(9-6-12)19-18(20)15(4)21-17-10-7-13(2)14(3)11-17/h5-11,15H,1-4H3,(H,19,20). The lowest BCUT2D eigenvalue weighted by atomic mass is 10.1. The number of rotatable bonds is 4. The van der Waals surface area contributed by atoms with E-state index in [4.69, 9.17) is 4.74 Å². The zero-order chi connectivity index (χ0) is 15.4. The molecule has 2 aromatic rings. The van der Waals surface area contributed by atoms with Crippen molar-refractivity contribution in [3.63, 3.8) is 0 Å². The van der Waals surface area contributed by atoms with E-state index in [9.17, 15) is 4.79 Å². The van der Waals surface area contributed by atoms with Gasteiger partial charge in [0.15, 0.2) is 6.10 Å². The Morgan fingerprint density at radius 2 is 1.67 bits per heavy atom. The maximum Gasteiger partial charge on any atom is 0.265 e. The molecule has 0 aliphatic rings. The number of carbonyl (C=O) groups is 1. The fraction of sp³-hybridized carbons (Fsp3) is 0.278. The van der Waals surface area contributed by atoms with Crippen molar-refractivity contribution >= 4 is 11.6 Å². The minimum absolute atomic E-state index is 0.155. The molecule has 2 rings (SSSR count). The van der Waals surface area contributed by atoms with Gasteiger partial charge in [0.05, 0.1) is 0 Å². The summed E-state index contributed by atoms with van der Waals surface area (Å²) in [6, 6.07) is 13.5. The molecular formula is C18H21NO2. The molecular weight excluding hydrogens is 262 g/mol. The molecule has 3 nitrogen and oxygen atoms in total. The van der Waals surface area contributed by atoms with Crippen molar-refractivity contribution in [2.75, 3.05) is 5.32 Å². The Morgan fingerprint density at radius 1 is 1.00 bits per heavy atom. The lowest BCUT2D eigenvalue weighted by Gasteiger charge is -2.15. The quantitative estimate of drug-likeness (QED) is 0.920. The summed E-state index contributed by atoms with van der Waals surface area (Å²) in [6.45, 7) is 7.83. The van der Waals surface area contributed by atoms with Gasteiger partial charge in [0.2, 0.25) is 0 Å². The minimum Gasteiger partial charge on any atom is -0.481 e. The van der Waals surface area contributed by atoms with E-state index >= 15 is 0 Å². The van der Waals surface area contributed by atoms with E-state index in [0.29, 0.717) is 5.75 Å². The molecule has 1 unspecified atom stereocenters. The molecule has 21 heavy (non-hydrogen) atoms. The monoisotopic (exact) mass is 283 g/mol. The summed E-state index contributed by atoms with van der Waals surface area (Å²) in [5.41, 5.74) is 4.30. The summed E-state index contributed by atoms with van der Waals surface area (Å²) in [6.07, 6.45) is -0.548. The van der Waals surface area contributed by atoms with E-state index in [0.717, 1.165) is 16.8 Å². The van der Waals surface area contributed by atoms with Crippen LogP contribution in [0.5, 0.6) is 5.75 Å². The number of amides is 1. The van der Waals surface area contributed by atoms with Gasteiger partial charge in [-0.25, -0.2) is 0 Å². The summed E-state index contributed by atoms with van der Waals surface area (Å²) < 4.78 is 5.70.